The number of benzene rings is 2. The van der Waals surface area contributed by atoms with Crippen molar-refractivity contribution in [3.63, 3.8) is 0 Å². The lowest BCUT2D eigenvalue weighted by atomic mass is 10.0. The quantitative estimate of drug-likeness (QED) is 0.596. The van der Waals surface area contributed by atoms with Crippen molar-refractivity contribution in [2.45, 2.75) is 39.7 Å². The van der Waals surface area contributed by atoms with Crippen LogP contribution in [-0.4, -0.2) is 68.1 Å². The van der Waals surface area contributed by atoms with Crippen molar-refractivity contribution in [1.82, 2.24) is 15.1 Å². The summed E-state index contributed by atoms with van der Waals surface area (Å²) in [5.41, 5.74) is 6.48. The SMILES string of the molecule is Cc1cccc(N2CCN(CCCCNC(=O)C3C=C(c4ccccc4)N(C)C3C)CC2)c1C. The molecule has 0 saturated carbocycles. The number of anilines is 1. The smallest absolute Gasteiger partial charge is 0.229 e. The van der Waals surface area contributed by atoms with E-state index < -0.39 is 0 Å². The van der Waals surface area contributed by atoms with Gasteiger partial charge < -0.3 is 15.1 Å². The first kappa shape index (κ1) is 24.3. The summed E-state index contributed by atoms with van der Waals surface area (Å²) in [6.07, 6.45) is 4.27. The van der Waals surface area contributed by atoms with Gasteiger partial charge in [-0.25, -0.2) is 0 Å². The number of nitrogens with one attached hydrogen (secondary N) is 1. The van der Waals surface area contributed by atoms with Gasteiger partial charge in [0.1, 0.15) is 0 Å². The second-order valence-electron chi connectivity index (χ2n) is 9.84. The highest BCUT2D eigenvalue weighted by molar-refractivity contribution is 5.85. The van der Waals surface area contributed by atoms with E-state index in [0.29, 0.717) is 0 Å². The van der Waals surface area contributed by atoms with Gasteiger partial charge in [-0.3, -0.25) is 9.69 Å². The van der Waals surface area contributed by atoms with Gasteiger partial charge in [-0.1, -0.05) is 42.5 Å². The van der Waals surface area contributed by atoms with Gasteiger partial charge in [-0.15, -0.1) is 0 Å². The van der Waals surface area contributed by atoms with Crippen molar-refractivity contribution in [3.05, 3.63) is 71.3 Å². The molecule has 2 aliphatic heterocycles. The molecule has 2 aromatic rings. The Kier molecular flexibility index (Phi) is 7.94. The maximum atomic E-state index is 12.9. The number of carbonyl (C=O) groups is 1. The minimum Gasteiger partial charge on any atom is -0.371 e. The summed E-state index contributed by atoms with van der Waals surface area (Å²) in [5.74, 6) is 0.0470. The van der Waals surface area contributed by atoms with E-state index in [1.807, 2.05) is 18.2 Å². The lowest BCUT2D eigenvalue weighted by Gasteiger charge is -2.37. The molecule has 1 saturated heterocycles. The predicted molar refractivity (Wildman–Crippen MR) is 142 cm³/mol. The first-order chi connectivity index (χ1) is 16.5. The Morgan fingerprint density at radius 2 is 1.71 bits per heavy atom. The van der Waals surface area contributed by atoms with Crippen LogP contribution in [-0.2, 0) is 4.79 Å². The molecule has 4 rings (SSSR count). The normalized spacial score (nSPS) is 21.0. The molecule has 1 N–H and O–H groups in total. The summed E-state index contributed by atoms with van der Waals surface area (Å²) < 4.78 is 0. The van der Waals surface area contributed by atoms with E-state index in [1.165, 1.54) is 22.4 Å². The van der Waals surface area contributed by atoms with E-state index in [1.54, 1.807) is 0 Å². The van der Waals surface area contributed by atoms with Gasteiger partial charge in [0.2, 0.25) is 5.91 Å². The number of amides is 1. The van der Waals surface area contributed by atoms with E-state index in [2.05, 4.69) is 84.2 Å². The molecule has 34 heavy (non-hydrogen) atoms. The molecule has 1 fully saturated rings. The Morgan fingerprint density at radius 3 is 2.44 bits per heavy atom. The van der Waals surface area contributed by atoms with Gasteiger partial charge in [0.05, 0.1) is 5.92 Å². The molecule has 5 heteroatoms. The molecule has 2 heterocycles. The largest absolute Gasteiger partial charge is 0.371 e. The lowest BCUT2D eigenvalue weighted by molar-refractivity contribution is -0.124. The average molecular weight is 461 g/mol. The van der Waals surface area contributed by atoms with Crippen LogP contribution < -0.4 is 10.2 Å². The maximum absolute atomic E-state index is 12.9. The fourth-order valence-corrected chi connectivity index (χ4v) is 5.17. The molecule has 0 aromatic heterocycles. The van der Waals surface area contributed by atoms with Crippen molar-refractivity contribution in [2.24, 2.45) is 5.92 Å². The van der Waals surface area contributed by atoms with E-state index in [4.69, 9.17) is 0 Å². The van der Waals surface area contributed by atoms with Crippen LogP contribution >= 0.6 is 0 Å². The zero-order valence-corrected chi connectivity index (χ0v) is 21.3. The Hall–Kier alpha value is -2.79. The first-order valence-corrected chi connectivity index (χ1v) is 12.8. The molecule has 2 aromatic carbocycles. The third-order valence-electron chi connectivity index (χ3n) is 7.71. The number of nitrogens with zero attached hydrogens (tertiary/aromatic N) is 3. The van der Waals surface area contributed by atoms with Gasteiger partial charge in [0.15, 0.2) is 0 Å². The Labute approximate surface area is 205 Å². The van der Waals surface area contributed by atoms with Gasteiger partial charge in [-0.2, -0.15) is 0 Å². The van der Waals surface area contributed by atoms with Crippen molar-refractivity contribution in [1.29, 1.82) is 0 Å². The molecule has 0 spiro atoms. The second kappa shape index (κ2) is 11.1. The standard InChI is InChI=1S/C29H40N4O/c1-22-11-10-14-27(23(22)2)33-19-17-32(18-20-33)16-9-8-15-30-29(34)26-21-28(31(4)24(26)3)25-12-6-5-7-13-25/h5-7,10-14,21,24,26H,8-9,15-20H2,1-4H3,(H,30,34). The molecular weight excluding hydrogens is 420 g/mol. The van der Waals surface area contributed by atoms with E-state index >= 15 is 0 Å². The van der Waals surface area contributed by atoms with Crippen LogP contribution in [0.3, 0.4) is 0 Å². The molecule has 2 aliphatic rings. The first-order valence-electron chi connectivity index (χ1n) is 12.8. The highest BCUT2D eigenvalue weighted by atomic mass is 16.1. The fraction of sp³-hybridized carbons (Fsp3) is 0.483. The number of rotatable bonds is 8. The van der Waals surface area contributed by atoms with Crippen LogP contribution in [0.2, 0.25) is 0 Å². The van der Waals surface area contributed by atoms with E-state index in [9.17, 15) is 4.79 Å². The summed E-state index contributed by atoms with van der Waals surface area (Å²) in [4.78, 5) is 20.2. The van der Waals surface area contributed by atoms with Gasteiger partial charge in [-0.05, 0) is 69.0 Å². The summed E-state index contributed by atoms with van der Waals surface area (Å²) >= 11 is 0. The number of piperazine rings is 1. The van der Waals surface area contributed by atoms with Gasteiger partial charge in [0, 0.05) is 57.2 Å². The number of hydrogen-bond donors (Lipinski definition) is 1. The Morgan fingerprint density at radius 1 is 0.971 bits per heavy atom. The zero-order valence-electron chi connectivity index (χ0n) is 21.3. The summed E-state index contributed by atoms with van der Waals surface area (Å²) in [6, 6.07) is 17.1. The van der Waals surface area contributed by atoms with Gasteiger partial charge in [0.25, 0.3) is 0 Å². The third kappa shape index (κ3) is 5.47. The number of carbonyl (C=O) groups excluding carboxylic acids is 1. The van der Waals surface area contributed by atoms with Crippen LogP contribution in [0.15, 0.2) is 54.6 Å². The second-order valence-corrected chi connectivity index (χ2v) is 9.84. The minimum absolute atomic E-state index is 0.0987. The van der Waals surface area contributed by atoms with Crippen molar-refractivity contribution < 1.29 is 4.79 Å². The fourth-order valence-electron chi connectivity index (χ4n) is 5.17. The van der Waals surface area contributed by atoms with Crippen LogP contribution in [0, 0.1) is 19.8 Å². The molecule has 0 aliphatic carbocycles. The Balaban J connectivity index is 1.17. The number of aryl methyl sites for hydroxylation is 1. The van der Waals surface area contributed by atoms with Crippen LogP contribution in [0.1, 0.15) is 36.5 Å². The highest BCUT2D eigenvalue weighted by Gasteiger charge is 2.33. The van der Waals surface area contributed by atoms with Crippen LogP contribution in [0.25, 0.3) is 5.70 Å². The summed E-state index contributed by atoms with van der Waals surface area (Å²) in [5, 5.41) is 3.19. The molecule has 5 nitrogen and oxygen atoms in total. The molecule has 182 valence electrons. The molecule has 2 atom stereocenters. The lowest BCUT2D eigenvalue weighted by Crippen LogP contribution is -2.47. The summed E-state index contributed by atoms with van der Waals surface area (Å²) in [7, 11) is 2.08. The molecule has 0 radical (unpaired) electrons. The number of unbranched alkanes of at least 4 members (excludes halogenated alkanes) is 1. The maximum Gasteiger partial charge on any atom is 0.229 e. The topological polar surface area (TPSA) is 38.8 Å². The van der Waals surface area contributed by atoms with E-state index in [-0.39, 0.29) is 17.9 Å². The summed E-state index contributed by atoms with van der Waals surface area (Å²) in [6.45, 7) is 12.8. The molecule has 0 bridgehead atoms. The molecular formula is C29H40N4O. The van der Waals surface area contributed by atoms with Gasteiger partial charge >= 0.3 is 0 Å². The van der Waals surface area contributed by atoms with Crippen molar-refractivity contribution >= 4 is 17.3 Å². The van der Waals surface area contributed by atoms with E-state index in [0.717, 1.165) is 57.8 Å². The Bertz CT molecular complexity index is 994. The molecule has 1 amide bonds. The predicted octanol–water partition coefficient (Wildman–Crippen LogP) is 4.31. The number of hydrogen-bond acceptors (Lipinski definition) is 4. The van der Waals surface area contributed by atoms with Crippen LogP contribution in [0.5, 0.6) is 0 Å². The van der Waals surface area contributed by atoms with Crippen LogP contribution in [0.4, 0.5) is 5.69 Å². The van der Waals surface area contributed by atoms with Crippen molar-refractivity contribution in [2.75, 3.05) is 51.2 Å². The average Bonchev–Trinajstić information content (AvgIpc) is 3.16. The van der Waals surface area contributed by atoms with Crippen molar-refractivity contribution in [3.8, 4) is 0 Å². The minimum atomic E-state index is -0.0987. The molecule has 2 unspecified atom stereocenters. The highest BCUT2D eigenvalue weighted by Crippen LogP contribution is 2.32. The third-order valence-corrected chi connectivity index (χ3v) is 7.71. The zero-order chi connectivity index (χ0) is 24.1. The monoisotopic (exact) mass is 460 g/mol.